The first-order chi connectivity index (χ1) is 9.60. The van der Waals surface area contributed by atoms with E-state index in [9.17, 15) is 14.5 Å². The van der Waals surface area contributed by atoms with Gasteiger partial charge >= 0.3 is 0 Å². The van der Waals surface area contributed by atoms with Crippen LogP contribution in [0, 0.1) is 15.9 Å². The van der Waals surface area contributed by atoms with Crippen LogP contribution in [0.3, 0.4) is 0 Å². The molecule has 2 aromatic rings. The number of anilines is 1. The van der Waals surface area contributed by atoms with E-state index < -0.39 is 10.7 Å². The van der Waals surface area contributed by atoms with Crippen LogP contribution in [0.4, 0.5) is 15.8 Å². The highest BCUT2D eigenvalue weighted by Gasteiger charge is 2.10. The van der Waals surface area contributed by atoms with Crippen LogP contribution in [0.25, 0.3) is 0 Å². The molecule has 0 saturated heterocycles. The highest BCUT2D eigenvalue weighted by atomic mass is 19.1. The number of halogens is 1. The molecule has 0 fully saturated rings. The van der Waals surface area contributed by atoms with E-state index in [2.05, 4.69) is 16.8 Å². The van der Waals surface area contributed by atoms with E-state index in [0.29, 0.717) is 12.2 Å². The van der Waals surface area contributed by atoms with Crippen molar-refractivity contribution in [1.82, 2.24) is 4.57 Å². The molecule has 0 spiro atoms. The van der Waals surface area contributed by atoms with Crippen molar-refractivity contribution >= 4 is 11.4 Å². The van der Waals surface area contributed by atoms with Gasteiger partial charge in [-0.1, -0.05) is 6.92 Å². The topological polar surface area (TPSA) is 60.1 Å². The Kier molecular flexibility index (Phi) is 4.34. The molecular formula is C14H16FN3O2. The number of aryl methyl sites for hydroxylation is 1. The summed E-state index contributed by atoms with van der Waals surface area (Å²) in [6.07, 6.45) is 3.00. The van der Waals surface area contributed by atoms with Crippen LogP contribution in [0.5, 0.6) is 0 Å². The zero-order chi connectivity index (χ0) is 14.5. The Morgan fingerprint density at radius 1 is 1.40 bits per heavy atom. The minimum absolute atomic E-state index is 0.253. The summed E-state index contributed by atoms with van der Waals surface area (Å²) < 4.78 is 15.4. The summed E-state index contributed by atoms with van der Waals surface area (Å²) in [4.78, 5) is 10.1. The Hall–Kier alpha value is -2.37. The summed E-state index contributed by atoms with van der Waals surface area (Å²) in [5, 5.41) is 13.7. The summed E-state index contributed by atoms with van der Waals surface area (Å²) in [5.74, 6) is -0.620. The SMILES string of the molecule is CCCn1cccc1CNc1cc(F)cc([N+](=O)[O-])c1. The predicted octanol–water partition coefficient (Wildman–Crippen LogP) is 3.56. The monoisotopic (exact) mass is 277 g/mol. The second-order valence-corrected chi connectivity index (χ2v) is 4.50. The van der Waals surface area contributed by atoms with E-state index in [0.717, 1.165) is 24.7 Å². The van der Waals surface area contributed by atoms with E-state index in [-0.39, 0.29) is 5.69 Å². The standard InChI is InChI=1S/C14H16FN3O2/c1-2-5-17-6-3-4-13(17)10-16-12-7-11(15)8-14(9-12)18(19)20/h3-4,6-9,16H,2,5,10H2,1H3. The molecule has 0 radical (unpaired) electrons. The molecule has 0 saturated carbocycles. The Morgan fingerprint density at radius 3 is 2.90 bits per heavy atom. The van der Waals surface area contributed by atoms with Crippen LogP contribution in [0.1, 0.15) is 19.0 Å². The fourth-order valence-corrected chi connectivity index (χ4v) is 2.04. The van der Waals surface area contributed by atoms with Gasteiger partial charge in [0.25, 0.3) is 5.69 Å². The Bertz CT molecular complexity index is 610. The van der Waals surface area contributed by atoms with Crippen molar-refractivity contribution < 1.29 is 9.31 Å². The highest BCUT2D eigenvalue weighted by molar-refractivity contribution is 5.51. The summed E-state index contributed by atoms with van der Waals surface area (Å²) in [6, 6.07) is 7.40. The second kappa shape index (κ2) is 6.18. The normalized spacial score (nSPS) is 10.5. The van der Waals surface area contributed by atoms with Crippen LogP contribution >= 0.6 is 0 Å². The van der Waals surface area contributed by atoms with Crippen molar-refractivity contribution in [3.63, 3.8) is 0 Å². The predicted molar refractivity (Wildman–Crippen MR) is 75.1 cm³/mol. The van der Waals surface area contributed by atoms with Crippen LogP contribution < -0.4 is 5.32 Å². The van der Waals surface area contributed by atoms with Gasteiger partial charge in [0.15, 0.2) is 0 Å². The Morgan fingerprint density at radius 2 is 2.20 bits per heavy atom. The molecular weight excluding hydrogens is 261 g/mol. The van der Waals surface area contributed by atoms with Crippen LogP contribution in [0.2, 0.25) is 0 Å². The van der Waals surface area contributed by atoms with Gasteiger partial charge in [-0.25, -0.2) is 4.39 Å². The lowest BCUT2D eigenvalue weighted by Gasteiger charge is -2.10. The lowest BCUT2D eigenvalue weighted by molar-refractivity contribution is -0.385. The fraction of sp³-hybridized carbons (Fsp3) is 0.286. The molecule has 0 unspecified atom stereocenters. The summed E-state index contributed by atoms with van der Waals surface area (Å²) in [6.45, 7) is 3.49. The van der Waals surface area contributed by atoms with Gasteiger partial charge in [0.1, 0.15) is 5.82 Å². The molecule has 5 nitrogen and oxygen atoms in total. The third-order valence-corrected chi connectivity index (χ3v) is 2.96. The molecule has 0 aliphatic rings. The molecule has 0 aliphatic heterocycles. The smallest absolute Gasteiger partial charge is 0.274 e. The third kappa shape index (κ3) is 3.34. The van der Waals surface area contributed by atoms with Gasteiger partial charge in [-0.15, -0.1) is 0 Å². The van der Waals surface area contributed by atoms with Gasteiger partial charge in [0, 0.05) is 30.2 Å². The number of nitro groups is 1. The van der Waals surface area contributed by atoms with Gasteiger partial charge in [0.2, 0.25) is 0 Å². The molecule has 106 valence electrons. The summed E-state index contributed by atoms with van der Waals surface area (Å²) in [7, 11) is 0. The van der Waals surface area contributed by atoms with Crippen molar-refractivity contribution in [3.8, 4) is 0 Å². The minimum atomic E-state index is -0.620. The lowest BCUT2D eigenvalue weighted by atomic mass is 10.2. The maximum atomic E-state index is 13.3. The number of nitrogens with one attached hydrogen (secondary N) is 1. The van der Waals surface area contributed by atoms with Crippen molar-refractivity contribution in [1.29, 1.82) is 0 Å². The van der Waals surface area contributed by atoms with E-state index in [1.165, 1.54) is 12.1 Å². The average Bonchev–Trinajstić information content (AvgIpc) is 2.83. The maximum Gasteiger partial charge on any atom is 0.274 e. The van der Waals surface area contributed by atoms with E-state index in [4.69, 9.17) is 0 Å². The number of aromatic nitrogens is 1. The molecule has 6 heteroatoms. The minimum Gasteiger partial charge on any atom is -0.379 e. The number of rotatable bonds is 6. The van der Waals surface area contributed by atoms with Gasteiger partial charge in [-0.05, 0) is 24.6 Å². The number of hydrogen-bond acceptors (Lipinski definition) is 3. The molecule has 1 aromatic heterocycles. The van der Waals surface area contributed by atoms with Gasteiger partial charge in [-0.3, -0.25) is 10.1 Å². The van der Waals surface area contributed by atoms with Crippen LogP contribution in [-0.2, 0) is 13.1 Å². The zero-order valence-corrected chi connectivity index (χ0v) is 11.2. The first-order valence-electron chi connectivity index (χ1n) is 6.43. The first kappa shape index (κ1) is 14.0. The molecule has 1 N–H and O–H groups in total. The van der Waals surface area contributed by atoms with E-state index in [1.807, 2.05) is 18.3 Å². The van der Waals surface area contributed by atoms with Crippen molar-refractivity contribution in [3.05, 3.63) is 58.2 Å². The van der Waals surface area contributed by atoms with Gasteiger partial charge in [-0.2, -0.15) is 0 Å². The molecule has 0 atom stereocenters. The number of nitro benzene ring substituents is 1. The zero-order valence-electron chi connectivity index (χ0n) is 11.2. The van der Waals surface area contributed by atoms with Gasteiger partial charge < -0.3 is 9.88 Å². The van der Waals surface area contributed by atoms with Crippen molar-refractivity contribution in [2.45, 2.75) is 26.4 Å². The fourth-order valence-electron chi connectivity index (χ4n) is 2.04. The molecule has 0 bridgehead atoms. The number of nitrogens with zero attached hydrogens (tertiary/aromatic N) is 2. The molecule has 0 amide bonds. The average molecular weight is 277 g/mol. The molecule has 0 aliphatic carbocycles. The van der Waals surface area contributed by atoms with E-state index >= 15 is 0 Å². The number of hydrogen-bond donors (Lipinski definition) is 1. The number of benzene rings is 1. The Balaban J connectivity index is 2.10. The summed E-state index contributed by atoms with van der Waals surface area (Å²) >= 11 is 0. The highest BCUT2D eigenvalue weighted by Crippen LogP contribution is 2.20. The quantitative estimate of drug-likeness (QED) is 0.648. The maximum absolute atomic E-state index is 13.3. The lowest BCUT2D eigenvalue weighted by Crippen LogP contribution is -2.07. The summed E-state index contributed by atoms with van der Waals surface area (Å²) in [5.41, 5.74) is 1.20. The second-order valence-electron chi connectivity index (χ2n) is 4.50. The van der Waals surface area contributed by atoms with Crippen LogP contribution in [-0.4, -0.2) is 9.49 Å². The van der Waals surface area contributed by atoms with E-state index in [1.54, 1.807) is 0 Å². The van der Waals surface area contributed by atoms with Crippen LogP contribution in [0.15, 0.2) is 36.5 Å². The third-order valence-electron chi connectivity index (χ3n) is 2.96. The molecule has 20 heavy (non-hydrogen) atoms. The largest absolute Gasteiger partial charge is 0.379 e. The van der Waals surface area contributed by atoms with Crippen molar-refractivity contribution in [2.24, 2.45) is 0 Å². The number of non-ortho nitro benzene ring substituents is 1. The molecule has 1 aromatic carbocycles. The first-order valence-corrected chi connectivity index (χ1v) is 6.43. The van der Waals surface area contributed by atoms with Crippen molar-refractivity contribution in [2.75, 3.05) is 5.32 Å². The Labute approximate surface area is 116 Å². The molecule has 1 heterocycles. The molecule has 2 rings (SSSR count). The van der Waals surface area contributed by atoms with Gasteiger partial charge in [0.05, 0.1) is 17.5 Å².